The van der Waals surface area contributed by atoms with Crippen LogP contribution in [0.3, 0.4) is 0 Å². The Morgan fingerprint density at radius 1 is 1.08 bits per heavy atom. The molecule has 1 aromatic carbocycles. The fourth-order valence-corrected chi connectivity index (χ4v) is 2.14. The van der Waals surface area contributed by atoms with Crippen LogP contribution in [0, 0.1) is 6.68 Å². The molecule has 12 heavy (non-hydrogen) atoms. The maximum atomic E-state index is 9.58. The minimum Gasteiger partial charge on any atom is -0.296 e. The van der Waals surface area contributed by atoms with Gasteiger partial charge in [-0.25, -0.2) is 0 Å². The molecule has 0 spiro atoms. The summed E-state index contributed by atoms with van der Waals surface area (Å²) in [5, 5.41) is 0. The lowest BCUT2D eigenvalue weighted by molar-refractivity contribution is 0.142. The van der Waals surface area contributed by atoms with Gasteiger partial charge in [-0.2, -0.15) is 16.9 Å². The van der Waals surface area contributed by atoms with Gasteiger partial charge in [-0.3, -0.25) is 12.9 Å². The van der Waals surface area contributed by atoms with E-state index in [1.807, 2.05) is 6.07 Å². The van der Waals surface area contributed by atoms with Crippen molar-refractivity contribution in [1.29, 1.82) is 0 Å². The Kier molecular flexibility index (Phi) is 8.05. The van der Waals surface area contributed by atoms with E-state index in [9.17, 15) is 13.2 Å². The van der Waals surface area contributed by atoms with E-state index in [0.717, 1.165) is 0 Å². The van der Waals surface area contributed by atoms with Crippen LogP contribution in [0.2, 0.25) is 0 Å². The number of rotatable bonds is 1. The first kappa shape index (κ1) is 12.3. The molecule has 0 saturated carbocycles. The van der Waals surface area contributed by atoms with Gasteiger partial charge in [-0.05, 0) is 0 Å². The molecule has 0 heterocycles. The Balaban J connectivity index is 0.000000261. The van der Waals surface area contributed by atoms with E-state index in [4.69, 9.17) is 0 Å². The van der Waals surface area contributed by atoms with Crippen molar-refractivity contribution in [3.63, 3.8) is 0 Å². The number of halogens is 4. The van der Waals surface area contributed by atoms with Crippen molar-refractivity contribution < 1.29 is 13.2 Å². The molecule has 63 valence electrons. The fraction of sp³-hybridized carbons (Fsp3) is 0. The van der Waals surface area contributed by atoms with E-state index < -0.39 is 6.68 Å². The third kappa shape index (κ3) is 8.35. The molecule has 1 rings (SSSR count). The topological polar surface area (TPSA) is 0 Å². The van der Waals surface area contributed by atoms with Crippen molar-refractivity contribution in [2.24, 2.45) is 0 Å². The SMILES string of the molecule is F[C](F)F.[Br][Mg][c]1ccccc1. The summed E-state index contributed by atoms with van der Waals surface area (Å²) < 4.78 is 30.2. The first-order valence-electron chi connectivity index (χ1n) is 3.10. The molecule has 0 bridgehead atoms. The minimum atomic E-state index is -3.08. The highest BCUT2D eigenvalue weighted by molar-refractivity contribution is 9.23. The molecule has 0 fully saturated rings. The summed E-state index contributed by atoms with van der Waals surface area (Å²) in [5.41, 5.74) is 0. The minimum absolute atomic E-state index is 0.0962. The highest BCUT2D eigenvalue weighted by atomic mass is 79.9. The summed E-state index contributed by atoms with van der Waals surface area (Å²) in [6.07, 6.45) is 0. The van der Waals surface area contributed by atoms with Gasteiger partial charge < -0.3 is 0 Å². The van der Waals surface area contributed by atoms with Gasteiger partial charge in [0.1, 0.15) is 0 Å². The van der Waals surface area contributed by atoms with Crippen molar-refractivity contribution in [1.82, 2.24) is 0 Å². The van der Waals surface area contributed by atoms with Gasteiger partial charge in [0.15, 0.2) is 0 Å². The molecule has 0 aliphatic carbocycles. The maximum Gasteiger partial charge on any atom is 0.506 e. The standard InChI is InChI=1S/C6H5.CF3.BrH.Mg/c1-2-4-6-5-3-1;2-1(3)4;;/h1-5H;;1H;/q;;;+1/p-1. The molecular weight excluding hydrogens is 245 g/mol. The van der Waals surface area contributed by atoms with Gasteiger partial charge in [0.05, 0.1) is 0 Å². The van der Waals surface area contributed by atoms with Gasteiger partial charge in [0.25, 0.3) is 0 Å². The van der Waals surface area contributed by atoms with Crippen LogP contribution in [0.25, 0.3) is 0 Å². The van der Waals surface area contributed by atoms with E-state index in [-0.39, 0.29) is 18.2 Å². The lowest BCUT2D eigenvalue weighted by Gasteiger charge is -1.87. The average molecular weight is 250 g/mol. The normalized spacial score (nSPS) is 8.42. The summed E-state index contributed by atoms with van der Waals surface area (Å²) >= 11 is 3.40. The van der Waals surface area contributed by atoms with E-state index in [1.165, 1.54) is 3.69 Å². The van der Waals surface area contributed by atoms with Gasteiger partial charge in [-0.1, -0.05) is 30.3 Å². The van der Waals surface area contributed by atoms with E-state index >= 15 is 0 Å². The first-order chi connectivity index (χ1) is 5.66. The van der Waals surface area contributed by atoms with Crippen LogP contribution >= 0.6 is 12.9 Å². The summed E-state index contributed by atoms with van der Waals surface area (Å²) in [6, 6.07) is 10.5. The predicted octanol–water partition coefficient (Wildman–Crippen LogP) is 2.67. The molecule has 0 nitrogen and oxygen atoms in total. The Labute approximate surface area is 84.8 Å². The second-order valence-corrected chi connectivity index (χ2v) is 4.60. The molecule has 0 atom stereocenters. The van der Waals surface area contributed by atoms with Gasteiger partial charge in [0, 0.05) is 0 Å². The Hall–Kier alpha value is 0.256. The van der Waals surface area contributed by atoms with Gasteiger partial charge in [0.2, 0.25) is 0 Å². The Bertz CT molecular complexity index is 190. The van der Waals surface area contributed by atoms with Crippen LogP contribution in [0.1, 0.15) is 0 Å². The summed E-state index contributed by atoms with van der Waals surface area (Å²) in [6.45, 7) is -3.08. The van der Waals surface area contributed by atoms with Gasteiger partial charge >= 0.3 is 24.9 Å². The number of hydrogen-bond acceptors (Lipinski definition) is 0. The highest BCUT2D eigenvalue weighted by Gasteiger charge is 1.93. The molecule has 0 saturated heterocycles. The molecule has 0 aliphatic heterocycles. The molecule has 0 aromatic heterocycles. The molecule has 0 aliphatic rings. The van der Waals surface area contributed by atoms with Crippen LogP contribution in [-0.4, -0.2) is 18.2 Å². The smallest absolute Gasteiger partial charge is 0.296 e. The van der Waals surface area contributed by atoms with Crippen molar-refractivity contribution >= 4 is 34.8 Å². The molecule has 1 aromatic rings. The van der Waals surface area contributed by atoms with E-state index in [0.29, 0.717) is 0 Å². The highest BCUT2D eigenvalue weighted by Crippen LogP contribution is 1.99. The van der Waals surface area contributed by atoms with E-state index in [1.54, 1.807) is 0 Å². The lowest BCUT2D eigenvalue weighted by Crippen LogP contribution is -2.05. The van der Waals surface area contributed by atoms with Crippen molar-refractivity contribution in [2.45, 2.75) is 0 Å². The maximum absolute atomic E-state index is 9.58. The number of benzene rings is 1. The third-order valence-corrected chi connectivity index (χ3v) is 3.72. The molecular formula is C7H5BrF3Mg. The molecule has 0 unspecified atom stereocenters. The van der Waals surface area contributed by atoms with Crippen LogP contribution < -0.4 is 3.69 Å². The quantitative estimate of drug-likeness (QED) is 0.672. The largest absolute Gasteiger partial charge is 0.506 e. The Morgan fingerprint density at radius 3 is 1.75 bits per heavy atom. The number of hydrogen-bond donors (Lipinski definition) is 0. The molecule has 0 N–H and O–H groups in total. The van der Waals surface area contributed by atoms with Crippen LogP contribution in [0.15, 0.2) is 30.3 Å². The zero-order valence-electron chi connectivity index (χ0n) is 6.11. The third-order valence-electron chi connectivity index (χ3n) is 0.997. The monoisotopic (exact) mass is 249 g/mol. The second kappa shape index (κ2) is 7.88. The second-order valence-electron chi connectivity index (χ2n) is 1.83. The fourth-order valence-electron chi connectivity index (χ4n) is 0.567. The van der Waals surface area contributed by atoms with Crippen LogP contribution in [0.4, 0.5) is 13.2 Å². The molecule has 5 heteroatoms. The summed E-state index contributed by atoms with van der Waals surface area (Å²) in [7, 11) is 0. The molecule has 1 radical (unpaired) electrons. The van der Waals surface area contributed by atoms with Crippen LogP contribution in [-0.2, 0) is 0 Å². The lowest BCUT2D eigenvalue weighted by atomic mass is 10.4. The predicted molar refractivity (Wildman–Crippen MR) is 47.3 cm³/mol. The van der Waals surface area contributed by atoms with Crippen molar-refractivity contribution in [3.05, 3.63) is 37.0 Å². The molecule has 0 amide bonds. The Morgan fingerprint density at radius 2 is 1.50 bits per heavy atom. The zero-order valence-corrected chi connectivity index (χ0v) is 9.11. The van der Waals surface area contributed by atoms with Gasteiger partial charge in [-0.15, -0.1) is 0 Å². The summed E-state index contributed by atoms with van der Waals surface area (Å²) in [4.78, 5) is 0. The zero-order chi connectivity index (χ0) is 9.40. The van der Waals surface area contributed by atoms with Crippen molar-refractivity contribution in [2.75, 3.05) is 0 Å². The summed E-state index contributed by atoms with van der Waals surface area (Å²) in [5.74, 6) is 0. The van der Waals surface area contributed by atoms with Crippen LogP contribution in [0.5, 0.6) is 0 Å². The van der Waals surface area contributed by atoms with Crippen molar-refractivity contribution in [3.8, 4) is 0 Å². The average Bonchev–Trinajstić information content (AvgIpc) is 2.05. The first-order valence-corrected chi connectivity index (χ1v) is 7.70. The van der Waals surface area contributed by atoms with E-state index in [2.05, 4.69) is 37.1 Å².